The number of benzene rings is 1. The maximum atomic E-state index is 12.3. The van der Waals surface area contributed by atoms with Crippen LogP contribution in [0.2, 0.25) is 0 Å². The minimum atomic E-state index is -2.30. The van der Waals surface area contributed by atoms with E-state index < -0.39 is 7.10 Å². The monoisotopic (exact) mass is 639 g/mol. The Labute approximate surface area is 227 Å². The van der Waals surface area contributed by atoms with Crippen molar-refractivity contribution in [2.24, 2.45) is 5.92 Å². The second kappa shape index (κ2) is 10.3. The molecule has 1 aliphatic heterocycles. The highest BCUT2D eigenvalue weighted by Gasteiger charge is 2.28. The van der Waals surface area contributed by atoms with Gasteiger partial charge in [-0.2, -0.15) is 4.98 Å². The van der Waals surface area contributed by atoms with E-state index in [2.05, 4.69) is 40.8 Å². The molecule has 0 bridgehead atoms. The van der Waals surface area contributed by atoms with Crippen molar-refractivity contribution in [2.75, 3.05) is 24.2 Å². The van der Waals surface area contributed by atoms with Crippen LogP contribution in [0.4, 0.5) is 6.01 Å². The van der Waals surface area contributed by atoms with Crippen molar-refractivity contribution in [3.63, 3.8) is 0 Å². The van der Waals surface area contributed by atoms with Crippen molar-refractivity contribution in [3.05, 3.63) is 42.2 Å². The summed E-state index contributed by atoms with van der Waals surface area (Å²) in [5.41, 5.74) is 2.69. The Bertz CT molecular complexity index is 1390. The summed E-state index contributed by atoms with van der Waals surface area (Å²) in [5.74, 6) is 1.43. The summed E-state index contributed by atoms with van der Waals surface area (Å²) >= 11 is 3.50. The topological polar surface area (TPSA) is 94.2 Å². The van der Waals surface area contributed by atoms with Crippen LogP contribution in [-0.4, -0.2) is 49.8 Å². The lowest BCUT2D eigenvalue weighted by molar-refractivity contribution is 0.131. The second-order valence-electron chi connectivity index (χ2n) is 9.60. The Hall–Kier alpha value is -2.12. The third-order valence-corrected chi connectivity index (χ3v) is 10.3. The second-order valence-corrected chi connectivity index (χ2v) is 18.2. The number of fused-ring (bicyclic) bond motifs is 1. The number of hydrogen-bond acceptors (Lipinski definition) is 9. The van der Waals surface area contributed by atoms with Gasteiger partial charge in [-0.3, -0.25) is 4.21 Å². The van der Waals surface area contributed by atoms with Gasteiger partial charge in [0.05, 0.1) is 5.69 Å². The maximum absolute atomic E-state index is 12.3. The Morgan fingerprint density at radius 1 is 1.08 bits per heavy atom. The molecule has 5 rings (SSSR count). The molecule has 1 aliphatic rings. The van der Waals surface area contributed by atoms with Crippen LogP contribution >= 0.6 is 32.5 Å². The number of rotatable bonds is 7. The van der Waals surface area contributed by atoms with Crippen molar-refractivity contribution in [3.8, 4) is 16.5 Å². The van der Waals surface area contributed by atoms with E-state index in [-0.39, 0.29) is 12.0 Å². The fourth-order valence-corrected chi connectivity index (χ4v) is 6.83. The van der Waals surface area contributed by atoms with Crippen LogP contribution in [0.3, 0.4) is 0 Å². The molecule has 0 radical (unpaired) electrons. The van der Waals surface area contributed by atoms with Crippen LogP contribution in [0.25, 0.3) is 21.6 Å². The number of anilines is 1. The van der Waals surface area contributed by atoms with Crippen LogP contribution in [0.15, 0.2) is 45.8 Å². The lowest BCUT2D eigenvalue weighted by Crippen LogP contribution is -2.38. The lowest BCUT2D eigenvalue weighted by Gasteiger charge is -2.33. The van der Waals surface area contributed by atoms with Crippen LogP contribution in [0, 0.1) is 5.92 Å². The zero-order valence-electron chi connectivity index (χ0n) is 20.7. The normalized spacial score (nSPS) is 16.6. The van der Waals surface area contributed by atoms with Gasteiger partial charge in [-0.05, 0) is 57.1 Å². The van der Waals surface area contributed by atoms with Gasteiger partial charge >= 0.3 is 6.01 Å². The summed E-state index contributed by atoms with van der Waals surface area (Å²) in [5, 5.41) is 4.73. The fraction of sp³-hybridized carbons (Fsp3) is 0.440. The molecular formula is C25H30IN5O3S2. The van der Waals surface area contributed by atoms with E-state index in [4.69, 9.17) is 14.2 Å². The fourth-order valence-electron chi connectivity index (χ4n) is 4.31. The molecule has 1 saturated heterocycles. The van der Waals surface area contributed by atoms with Gasteiger partial charge in [-0.1, -0.05) is 42.5 Å². The quantitative estimate of drug-likeness (QED) is 0.152. The van der Waals surface area contributed by atoms with E-state index in [1.54, 1.807) is 6.26 Å². The standard InChI is InChI=1S/C25H30IN5O3S2/c1-15(2)22-29-24(34-30-22)31-13-11-17(12-14-31)16(3)33-25-28-21-10-9-20(27-23(21)35-25)18-5-7-19(8-6-18)36(4,26)32/h5-10,15-17,36H,11-14H2,1-4H3/t16-/m1/s1. The molecule has 1 atom stereocenters. The van der Waals surface area contributed by atoms with Gasteiger partial charge in [-0.25, -0.2) is 9.97 Å². The highest BCUT2D eigenvalue weighted by Crippen LogP contribution is 2.33. The Morgan fingerprint density at radius 3 is 2.44 bits per heavy atom. The van der Waals surface area contributed by atoms with Gasteiger partial charge in [0.15, 0.2) is 5.82 Å². The molecule has 0 N–H and O–H groups in total. The average Bonchev–Trinajstić information content (AvgIpc) is 3.50. The lowest BCUT2D eigenvalue weighted by atomic mass is 9.92. The number of ether oxygens (including phenoxy) is 1. The van der Waals surface area contributed by atoms with Crippen molar-refractivity contribution >= 4 is 56.0 Å². The van der Waals surface area contributed by atoms with Crippen molar-refractivity contribution in [1.82, 2.24) is 20.1 Å². The molecule has 3 aromatic heterocycles. The number of thiol groups is 1. The molecule has 1 aromatic carbocycles. The number of piperidine rings is 1. The predicted molar refractivity (Wildman–Crippen MR) is 154 cm³/mol. The number of nitrogens with zero attached hydrogens (tertiary/aromatic N) is 5. The minimum Gasteiger partial charge on any atom is -0.467 e. The third-order valence-electron chi connectivity index (χ3n) is 6.57. The van der Waals surface area contributed by atoms with Crippen molar-refractivity contribution < 1.29 is 13.5 Å². The van der Waals surface area contributed by atoms with E-state index in [1.165, 1.54) is 11.3 Å². The Morgan fingerprint density at radius 2 is 1.81 bits per heavy atom. The molecular weight excluding hydrogens is 609 g/mol. The number of pyridine rings is 1. The van der Waals surface area contributed by atoms with Gasteiger partial charge in [0.25, 0.3) is 5.19 Å². The summed E-state index contributed by atoms with van der Waals surface area (Å²) in [6, 6.07) is 12.4. The van der Waals surface area contributed by atoms with Crippen LogP contribution in [-0.2, 0) is 7.10 Å². The first-order valence-electron chi connectivity index (χ1n) is 12.1. The van der Waals surface area contributed by atoms with Gasteiger partial charge in [0, 0.05) is 56.9 Å². The summed E-state index contributed by atoms with van der Waals surface area (Å²) in [4.78, 5) is 17.9. The van der Waals surface area contributed by atoms with E-state index in [1.807, 2.05) is 57.6 Å². The van der Waals surface area contributed by atoms with E-state index >= 15 is 0 Å². The molecule has 4 aromatic rings. The highest BCUT2D eigenvalue weighted by atomic mass is 127. The number of aromatic nitrogens is 4. The molecule has 0 unspecified atom stereocenters. The molecule has 0 aliphatic carbocycles. The molecule has 36 heavy (non-hydrogen) atoms. The third kappa shape index (κ3) is 5.57. The largest absolute Gasteiger partial charge is 0.467 e. The first-order chi connectivity index (χ1) is 17.2. The first kappa shape index (κ1) is 25.5. The predicted octanol–water partition coefficient (Wildman–Crippen LogP) is 5.90. The summed E-state index contributed by atoms with van der Waals surface area (Å²) in [6.07, 6.45) is 3.80. The number of thiazole rings is 1. The molecule has 11 heteroatoms. The Balaban J connectivity index is 1.22. The zero-order chi connectivity index (χ0) is 25.4. The molecule has 8 nitrogen and oxygen atoms in total. The maximum Gasteiger partial charge on any atom is 0.324 e. The summed E-state index contributed by atoms with van der Waals surface area (Å²) < 4.78 is 24.0. The zero-order valence-corrected chi connectivity index (χ0v) is 24.6. The SMILES string of the molecule is CC(C)c1noc(N2CCC([C@@H](C)Oc3nc4ccc(-c5ccc([SH](C)(=O)I)cc5)nc4s3)CC2)n1. The van der Waals surface area contributed by atoms with Crippen molar-refractivity contribution in [2.45, 2.75) is 50.5 Å². The summed E-state index contributed by atoms with van der Waals surface area (Å²) in [7, 11) is -2.30. The van der Waals surface area contributed by atoms with Crippen LogP contribution < -0.4 is 9.64 Å². The highest BCUT2D eigenvalue weighted by molar-refractivity contribution is 14.2. The van der Waals surface area contributed by atoms with E-state index in [0.29, 0.717) is 17.1 Å². The Kier molecular flexibility index (Phi) is 7.32. The number of hydrogen-bond donors (Lipinski definition) is 1. The van der Waals surface area contributed by atoms with Crippen molar-refractivity contribution in [1.29, 1.82) is 0 Å². The summed E-state index contributed by atoms with van der Waals surface area (Å²) in [6.45, 7) is 7.98. The van der Waals surface area contributed by atoms with Crippen LogP contribution in [0.1, 0.15) is 45.4 Å². The molecule has 1 fully saturated rings. The first-order valence-corrected chi connectivity index (χ1v) is 17.8. The molecule has 192 valence electrons. The average molecular weight is 640 g/mol. The smallest absolute Gasteiger partial charge is 0.324 e. The van der Waals surface area contributed by atoms with Gasteiger partial charge in [0.2, 0.25) is 0 Å². The van der Waals surface area contributed by atoms with E-state index in [9.17, 15) is 4.21 Å². The molecule has 0 saturated carbocycles. The minimum absolute atomic E-state index is 0.0478. The molecule has 0 spiro atoms. The van der Waals surface area contributed by atoms with Crippen LogP contribution in [0.5, 0.6) is 5.19 Å². The van der Waals surface area contributed by atoms with Gasteiger partial charge in [-0.15, -0.1) is 0 Å². The molecule has 0 amide bonds. The van der Waals surface area contributed by atoms with E-state index in [0.717, 1.165) is 58.3 Å². The van der Waals surface area contributed by atoms with Gasteiger partial charge in [0.1, 0.15) is 16.5 Å². The van der Waals surface area contributed by atoms with Gasteiger partial charge < -0.3 is 14.2 Å². The molecule has 4 heterocycles. The number of halogens is 1.